The van der Waals surface area contributed by atoms with Crippen LogP contribution in [0.5, 0.6) is 0 Å². The van der Waals surface area contributed by atoms with E-state index in [9.17, 15) is 4.79 Å². The van der Waals surface area contributed by atoms with Crippen molar-refractivity contribution in [1.82, 2.24) is 10.2 Å². The summed E-state index contributed by atoms with van der Waals surface area (Å²) in [6, 6.07) is 8.83. The molecule has 3 heteroatoms. The second-order valence-corrected chi connectivity index (χ2v) is 5.47. The summed E-state index contributed by atoms with van der Waals surface area (Å²) in [5, 5.41) is 3.32. The van der Waals surface area contributed by atoms with E-state index >= 15 is 0 Å². The number of carbonyl (C=O) groups is 1. The summed E-state index contributed by atoms with van der Waals surface area (Å²) in [5.74, 6) is 0.480. The van der Waals surface area contributed by atoms with Gasteiger partial charge in [-0.3, -0.25) is 4.79 Å². The van der Waals surface area contributed by atoms with Gasteiger partial charge in [-0.2, -0.15) is 0 Å². The Kier molecular flexibility index (Phi) is 3.08. The van der Waals surface area contributed by atoms with E-state index in [1.807, 2.05) is 11.9 Å². The zero-order valence-electron chi connectivity index (χ0n) is 10.9. The van der Waals surface area contributed by atoms with Crippen molar-refractivity contribution >= 4 is 5.91 Å². The first-order valence-electron chi connectivity index (χ1n) is 6.80. The molecule has 1 amide bonds. The Morgan fingerprint density at radius 2 is 1.94 bits per heavy atom. The number of rotatable bonds is 2. The number of hydrogen-bond acceptors (Lipinski definition) is 2. The Morgan fingerprint density at radius 3 is 2.50 bits per heavy atom. The van der Waals surface area contributed by atoms with Gasteiger partial charge in [0.25, 0.3) is 0 Å². The van der Waals surface area contributed by atoms with Crippen molar-refractivity contribution in [3.05, 3.63) is 35.4 Å². The number of nitrogens with one attached hydrogen (secondary N) is 1. The predicted octanol–water partition coefficient (Wildman–Crippen LogP) is 1.22. The van der Waals surface area contributed by atoms with Gasteiger partial charge in [-0.05, 0) is 36.9 Å². The molecule has 96 valence electrons. The molecule has 2 aliphatic rings. The molecule has 1 aromatic carbocycles. The van der Waals surface area contributed by atoms with Crippen LogP contribution < -0.4 is 5.32 Å². The fourth-order valence-electron chi connectivity index (χ4n) is 3.17. The van der Waals surface area contributed by atoms with E-state index in [-0.39, 0.29) is 5.92 Å². The molecule has 1 unspecified atom stereocenters. The highest BCUT2D eigenvalue weighted by atomic mass is 16.2. The third kappa shape index (κ3) is 2.03. The number of hydrogen-bond donors (Lipinski definition) is 1. The first kappa shape index (κ1) is 11.7. The summed E-state index contributed by atoms with van der Waals surface area (Å²) in [6.45, 7) is 1.98. The molecule has 0 bridgehead atoms. The highest BCUT2D eigenvalue weighted by Gasteiger charge is 2.32. The van der Waals surface area contributed by atoms with Crippen LogP contribution in [-0.4, -0.2) is 37.0 Å². The standard InChI is InChI=1S/C15H20N2O/c1-17(14-6-7-16-10-14)15(18)13-8-11-4-2-3-5-12(11)9-13/h2-5,13-14,16H,6-10H2,1H3. The molecule has 0 spiro atoms. The Hall–Kier alpha value is -1.35. The van der Waals surface area contributed by atoms with Gasteiger partial charge >= 0.3 is 0 Å². The molecule has 1 atom stereocenters. The van der Waals surface area contributed by atoms with Crippen molar-refractivity contribution in [3.8, 4) is 0 Å². The zero-order chi connectivity index (χ0) is 12.5. The lowest BCUT2D eigenvalue weighted by Crippen LogP contribution is -2.42. The first-order chi connectivity index (χ1) is 8.75. The Balaban J connectivity index is 1.68. The average molecular weight is 244 g/mol. The van der Waals surface area contributed by atoms with Crippen molar-refractivity contribution < 1.29 is 4.79 Å². The SMILES string of the molecule is CN(C(=O)C1Cc2ccccc2C1)C1CCNC1. The molecule has 1 aliphatic carbocycles. The fraction of sp³-hybridized carbons (Fsp3) is 0.533. The largest absolute Gasteiger partial charge is 0.341 e. The van der Waals surface area contributed by atoms with Crippen LogP contribution in [0.3, 0.4) is 0 Å². The average Bonchev–Trinajstić information content (AvgIpc) is 3.05. The van der Waals surface area contributed by atoms with Crippen LogP contribution in [0, 0.1) is 5.92 Å². The smallest absolute Gasteiger partial charge is 0.226 e. The number of amides is 1. The second-order valence-electron chi connectivity index (χ2n) is 5.47. The van der Waals surface area contributed by atoms with Gasteiger partial charge in [0.15, 0.2) is 0 Å². The minimum atomic E-state index is 0.160. The molecule has 18 heavy (non-hydrogen) atoms. The Bertz CT molecular complexity index is 427. The number of fused-ring (bicyclic) bond motifs is 1. The quantitative estimate of drug-likeness (QED) is 0.848. The highest BCUT2D eigenvalue weighted by molar-refractivity contribution is 5.80. The third-order valence-corrected chi connectivity index (χ3v) is 4.33. The fourth-order valence-corrected chi connectivity index (χ4v) is 3.17. The van der Waals surface area contributed by atoms with E-state index in [1.54, 1.807) is 0 Å². The van der Waals surface area contributed by atoms with Crippen LogP contribution in [0.25, 0.3) is 0 Å². The van der Waals surface area contributed by atoms with E-state index in [0.717, 1.165) is 32.4 Å². The van der Waals surface area contributed by atoms with Crippen molar-refractivity contribution in [2.24, 2.45) is 5.92 Å². The van der Waals surface area contributed by atoms with Crippen LogP contribution in [0.2, 0.25) is 0 Å². The minimum Gasteiger partial charge on any atom is -0.341 e. The Morgan fingerprint density at radius 1 is 1.28 bits per heavy atom. The normalized spacial score (nSPS) is 23.1. The summed E-state index contributed by atoms with van der Waals surface area (Å²) < 4.78 is 0. The van der Waals surface area contributed by atoms with E-state index in [1.165, 1.54) is 11.1 Å². The van der Waals surface area contributed by atoms with Gasteiger partial charge in [0.2, 0.25) is 5.91 Å². The maximum atomic E-state index is 12.5. The topological polar surface area (TPSA) is 32.3 Å². The first-order valence-corrected chi connectivity index (χ1v) is 6.80. The molecule has 3 nitrogen and oxygen atoms in total. The van der Waals surface area contributed by atoms with E-state index in [4.69, 9.17) is 0 Å². The number of benzene rings is 1. The third-order valence-electron chi connectivity index (χ3n) is 4.33. The van der Waals surface area contributed by atoms with Crippen LogP contribution in [0.4, 0.5) is 0 Å². The molecule has 1 fully saturated rings. The molecular formula is C15H20N2O. The molecule has 1 heterocycles. The lowest BCUT2D eigenvalue weighted by Gasteiger charge is -2.26. The van der Waals surface area contributed by atoms with Crippen molar-refractivity contribution in [3.63, 3.8) is 0 Å². The minimum absolute atomic E-state index is 0.160. The summed E-state index contributed by atoms with van der Waals surface area (Å²) in [5.41, 5.74) is 2.71. The van der Waals surface area contributed by atoms with Crippen molar-refractivity contribution in [1.29, 1.82) is 0 Å². The maximum absolute atomic E-state index is 12.5. The van der Waals surface area contributed by atoms with Crippen molar-refractivity contribution in [2.75, 3.05) is 20.1 Å². The Labute approximate surface area is 108 Å². The van der Waals surface area contributed by atoms with Gasteiger partial charge in [0, 0.05) is 25.6 Å². The highest BCUT2D eigenvalue weighted by Crippen LogP contribution is 2.28. The molecule has 0 saturated carbocycles. The lowest BCUT2D eigenvalue weighted by atomic mass is 10.0. The summed E-state index contributed by atoms with van der Waals surface area (Å²) in [6.07, 6.45) is 2.92. The predicted molar refractivity (Wildman–Crippen MR) is 71.4 cm³/mol. The molecular weight excluding hydrogens is 224 g/mol. The number of nitrogens with zero attached hydrogens (tertiary/aromatic N) is 1. The molecule has 1 saturated heterocycles. The van der Waals surface area contributed by atoms with Gasteiger partial charge in [0.05, 0.1) is 0 Å². The lowest BCUT2D eigenvalue weighted by molar-refractivity contribution is -0.135. The summed E-state index contributed by atoms with van der Waals surface area (Å²) in [4.78, 5) is 14.5. The van der Waals surface area contributed by atoms with E-state index in [2.05, 4.69) is 29.6 Å². The summed E-state index contributed by atoms with van der Waals surface area (Å²) in [7, 11) is 1.96. The summed E-state index contributed by atoms with van der Waals surface area (Å²) >= 11 is 0. The monoisotopic (exact) mass is 244 g/mol. The van der Waals surface area contributed by atoms with Crippen LogP contribution >= 0.6 is 0 Å². The maximum Gasteiger partial charge on any atom is 0.226 e. The molecule has 1 aliphatic heterocycles. The van der Waals surface area contributed by atoms with Gasteiger partial charge in [-0.25, -0.2) is 0 Å². The second kappa shape index (κ2) is 4.73. The van der Waals surface area contributed by atoms with E-state index in [0.29, 0.717) is 11.9 Å². The van der Waals surface area contributed by atoms with Gasteiger partial charge in [0.1, 0.15) is 0 Å². The zero-order valence-corrected chi connectivity index (χ0v) is 10.9. The number of likely N-dealkylation sites (N-methyl/N-ethyl adjacent to an activating group) is 1. The van der Waals surface area contributed by atoms with Gasteiger partial charge in [-0.15, -0.1) is 0 Å². The van der Waals surface area contributed by atoms with Crippen LogP contribution in [0.1, 0.15) is 17.5 Å². The molecule has 3 rings (SSSR count). The molecule has 0 aromatic heterocycles. The van der Waals surface area contributed by atoms with Crippen molar-refractivity contribution in [2.45, 2.75) is 25.3 Å². The van der Waals surface area contributed by atoms with E-state index < -0.39 is 0 Å². The molecule has 1 aromatic rings. The van der Waals surface area contributed by atoms with Crippen LogP contribution in [-0.2, 0) is 17.6 Å². The van der Waals surface area contributed by atoms with Gasteiger partial charge < -0.3 is 10.2 Å². The van der Waals surface area contributed by atoms with Gasteiger partial charge in [-0.1, -0.05) is 24.3 Å². The molecule has 0 radical (unpaired) electrons. The van der Waals surface area contributed by atoms with Crippen LogP contribution in [0.15, 0.2) is 24.3 Å². The molecule has 1 N–H and O–H groups in total. The number of carbonyl (C=O) groups excluding carboxylic acids is 1.